The number of carbonyl (C=O) groups excluding carboxylic acids is 1. The standard InChI is InChI=1S/C16H25NO2/c1-11(2)15(19)17-10-14(18)12-6-8-13(9-7-12)16(3,4)5/h6-9,11,14,18H,10H2,1-5H3,(H,17,19). The first-order chi connectivity index (χ1) is 8.71. The zero-order valence-corrected chi connectivity index (χ0v) is 12.5. The molecule has 1 atom stereocenters. The Hall–Kier alpha value is -1.35. The quantitative estimate of drug-likeness (QED) is 0.877. The average molecular weight is 263 g/mol. The van der Waals surface area contributed by atoms with E-state index in [9.17, 15) is 9.90 Å². The van der Waals surface area contributed by atoms with Gasteiger partial charge in [0, 0.05) is 12.5 Å². The van der Waals surface area contributed by atoms with Crippen LogP contribution in [0.25, 0.3) is 0 Å². The van der Waals surface area contributed by atoms with Crippen LogP contribution in [-0.4, -0.2) is 17.6 Å². The van der Waals surface area contributed by atoms with Gasteiger partial charge in [-0.05, 0) is 16.5 Å². The van der Waals surface area contributed by atoms with E-state index in [2.05, 4.69) is 26.1 Å². The fraction of sp³-hybridized carbons (Fsp3) is 0.562. The van der Waals surface area contributed by atoms with Crippen LogP contribution in [0.3, 0.4) is 0 Å². The molecule has 0 aliphatic rings. The molecule has 1 aromatic rings. The number of amides is 1. The van der Waals surface area contributed by atoms with E-state index in [1.165, 1.54) is 5.56 Å². The summed E-state index contributed by atoms with van der Waals surface area (Å²) in [6, 6.07) is 7.91. The van der Waals surface area contributed by atoms with E-state index in [4.69, 9.17) is 0 Å². The second-order valence-corrected chi connectivity index (χ2v) is 6.29. The van der Waals surface area contributed by atoms with E-state index >= 15 is 0 Å². The van der Waals surface area contributed by atoms with E-state index in [0.717, 1.165) is 5.56 Å². The van der Waals surface area contributed by atoms with Crippen LogP contribution >= 0.6 is 0 Å². The van der Waals surface area contributed by atoms with E-state index in [0.29, 0.717) is 0 Å². The number of benzene rings is 1. The molecule has 1 rings (SSSR count). The molecule has 0 spiro atoms. The summed E-state index contributed by atoms with van der Waals surface area (Å²) in [5.41, 5.74) is 2.17. The normalized spacial score (nSPS) is 13.4. The molecule has 3 nitrogen and oxygen atoms in total. The third kappa shape index (κ3) is 4.67. The first-order valence-corrected chi connectivity index (χ1v) is 6.78. The Bertz CT molecular complexity index is 415. The fourth-order valence-electron chi connectivity index (χ4n) is 1.72. The van der Waals surface area contributed by atoms with Gasteiger partial charge in [0.05, 0.1) is 6.10 Å². The van der Waals surface area contributed by atoms with E-state index in [1.54, 1.807) is 0 Å². The smallest absolute Gasteiger partial charge is 0.222 e. The second-order valence-electron chi connectivity index (χ2n) is 6.29. The van der Waals surface area contributed by atoms with Crippen molar-refractivity contribution in [3.63, 3.8) is 0 Å². The molecular formula is C16H25NO2. The van der Waals surface area contributed by atoms with Crippen molar-refractivity contribution >= 4 is 5.91 Å². The van der Waals surface area contributed by atoms with Crippen LogP contribution in [0.5, 0.6) is 0 Å². The van der Waals surface area contributed by atoms with Crippen LogP contribution in [0, 0.1) is 5.92 Å². The van der Waals surface area contributed by atoms with Crippen LogP contribution < -0.4 is 5.32 Å². The second kappa shape index (κ2) is 6.20. The summed E-state index contributed by atoms with van der Waals surface area (Å²) in [4.78, 5) is 11.4. The van der Waals surface area contributed by atoms with Crippen molar-refractivity contribution in [1.29, 1.82) is 0 Å². The van der Waals surface area contributed by atoms with Crippen molar-refractivity contribution in [3.8, 4) is 0 Å². The maximum atomic E-state index is 11.4. The first-order valence-electron chi connectivity index (χ1n) is 6.78. The molecule has 19 heavy (non-hydrogen) atoms. The molecule has 0 aliphatic carbocycles. The molecule has 0 bridgehead atoms. The number of aliphatic hydroxyl groups is 1. The van der Waals surface area contributed by atoms with Crippen LogP contribution in [0.15, 0.2) is 24.3 Å². The summed E-state index contributed by atoms with van der Waals surface area (Å²) >= 11 is 0. The maximum absolute atomic E-state index is 11.4. The van der Waals surface area contributed by atoms with Gasteiger partial charge in [0.15, 0.2) is 0 Å². The molecule has 0 saturated heterocycles. The van der Waals surface area contributed by atoms with Gasteiger partial charge in [-0.1, -0.05) is 58.9 Å². The lowest BCUT2D eigenvalue weighted by molar-refractivity contribution is -0.124. The Balaban J connectivity index is 2.63. The lowest BCUT2D eigenvalue weighted by Crippen LogP contribution is -2.31. The van der Waals surface area contributed by atoms with Gasteiger partial charge in [-0.2, -0.15) is 0 Å². The lowest BCUT2D eigenvalue weighted by atomic mass is 9.86. The summed E-state index contributed by atoms with van der Waals surface area (Å²) < 4.78 is 0. The molecule has 0 saturated carbocycles. The molecule has 1 amide bonds. The predicted molar refractivity (Wildman–Crippen MR) is 77.9 cm³/mol. The summed E-state index contributed by atoms with van der Waals surface area (Å²) in [5, 5.41) is 12.8. The van der Waals surface area contributed by atoms with E-state index in [-0.39, 0.29) is 23.8 Å². The SMILES string of the molecule is CC(C)C(=O)NCC(O)c1ccc(C(C)(C)C)cc1. The Labute approximate surface area is 116 Å². The highest BCUT2D eigenvalue weighted by Crippen LogP contribution is 2.23. The van der Waals surface area contributed by atoms with Gasteiger partial charge < -0.3 is 10.4 Å². The third-order valence-corrected chi connectivity index (χ3v) is 3.16. The molecule has 0 fully saturated rings. The van der Waals surface area contributed by atoms with E-state index < -0.39 is 6.10 Å². The van der Waals surface area contributed by atoms with Gasteiger partial charge in [-0.3, -0.25) is 4.79 Å². The highest BCUT2D eigenvalue weighted by molar-refractivity contribution is 5.77. The third-order valence-electron chi connectivity index (χ3n) is 3.16. The van der Waals surface area contributed by atoms with Gasteiger partial charge >= 0.3 is 0 Å². The summed E-state index contributed by atoms with van der Waals surface area (Å²) in [5.74, 6) is -0.0965. The van der Waals surface area contributed by atoms with Gasteiger partial charge in [0.1, 0.15) is 0 Å². The Kier molecular flexibility index (Phi) is 5.12. The number of hydrogen-bond donors (Lipinski definition) is 2. The van der Waals surface area contributed by atoms with Gasteiger partial charge in [0.2, 0.25) is 5.91 Å². The number of hydrogen-bond acceptors (Lipinski definition) is 2. The molecule has 0 aliphatic heterocycles. The highest BCUT2D eigenvalue weighted by Gasteiger charge is 2.15. The summed E-state index contributed by atoms with van der Waals surface area (Å²) in [6.07, 6.45) is -0.656. The van der Waals surface area contributed by atoms with Crippen molar-refractivity contribution in [2.24, 2.45) is 5.92 Å². The largest absolute Gasteiger partial charge is 0.387 e. The topological polar surface area (TPSA) is 49.3 Å². The zero-order valence-electron chi connectivity index (χ0n) is 12.5. The molecule has 1 unspecified atom stereocenters. The Morgan fingerprint density at radius 3 is 2.16 bits per heavy atom. The van der Waals surface area contributed by atoms with Crippen molar-refractivity contribution < 1.29 is 9.90 Å². The van der Waals surface area contributed by atoms with Crippen molar-refractivity contribution in [2.75, 3.05) is 6.54 Å². The number of nitrogens with one attached hydrogen (secondary N) is 1. The van der Waals surface area contributed by atoms with Crippen LogP contribution in [0.2, 0.25) is 0 Å². The minimum Gasteiger partial charge on any atom is -0.387 e. The molecule has 3 heteroatoms. The predicted octanol–water partition coefficient (Wildman–Crippen LogP) is 2.79. The first kappa shape index (κ1) is 15.7. The summed E-state index contributed by atoms with van der Waals surface area (Å²) in [7, 11) is 0. The minimum absolute atomic E-state index is 0.0367. The molecule has 106 valence electrons. The monoisotopic (exact) mass is 263 g/mol. The molecule has 0 radical (unpaired) electrons. The fourth-order valence-corrected chi connectivity index (χ4v) is 1.72. The number of aliphatic hydroxyl groups excluding tert-OH is 1. The molecule has 0 aromatic heterocycles. The average Bonchev–Trinajstić information content (AvgIpc) is 2.34. The van der Waals surface area contributed by atoms with Gasteiger partial charge in [-0.15, -0.1) is 0 Å². The molecule has 2 N–H and O–H groups in total. The maximum Gasteiger partial charge on any atom is 0.222 e. The van der Waals surface area contributed by atoms with E-state index in [1.807, 2.05) is 38.1 Å². The van der Waals surface area contributed by atoms with Gasteiger partial charge in [-0.25, -0.2) is 0 Å². The van der Waals surface area contributed by atoms with Crippen molar-refractivity contribution in [3.05, 3.63) is 35.4 Å². The van der Waals surface area contributed by atoms with Crippen LogP contribution in [0.1, 0.15) is 51.8 Å². The van der Waals surface area contributed by atoms with Gasteiger partial charge in [0.25, 0.3) is 0 Å². The lowest BCUT2D eigenvalue weighted by Gasteiger charge is -2.20. The summed E-state index contributed by atoms with van der Waals surface area (Å²) in [6.45, 7) is 10.4. The number of rotatable bonds is 4. The Morgan fingerprint density at radius 2 is 1.74 bits per heavy atom. The number of carbonyl (C=O) groups is 1. The zero-order chi connectivity index (χ0) is 14.6. The van der Waals surface area contributed by atoms with Crippen molar-refractivity contribution in [2.45, 2.75) is 46.1 Å². The molecular weight excluding hydrogens is 238 g/mol. The highest BCUT2D eigenvalue weighted by atomic mass is 16.3. The van der Waals surface area contributed by atoms with Crippen molar-refractivity contribution in [1.82, 2.24) is 5.32 Å². The molecule has 0 heterocycles. The minimum atomic E-state index is -0.656. The Morgan fingerprint density at radius 1 is 1.21 bits per heavy atom. The van der Waals surface area contributed by atoms with Crippen LogP contribution in [-0.2, 0) is 10.2 Å². The van der Waals surface area contributed by atoms with Crippen LogP contribution in [0.4, 0.5) is 0 Å². The molecule has 1 aromatic carbocycles.